The molecule has 0 bridgehead atoms. The summed E-state index contributed by atoms with van der Waals surface area (Å²) in [4.78, 5) is 17.9. The number of hydrogen-bond donors (Lipinski definition) is 0. The van der Waals surface area contributed by atoms with E-state index in [1.54, 1.807) is 24.6 Å². The summed E-state index contributed by atoms with van der Waals surface area (Å²) in [6, 6.07) is 7.26. The first-order valence-corrected chi connectivity index (χ1v) is 12.7. The minimum Gasteiger partial charge on any atom is -0.495 e. The van der Waals surface area contributed by atoms with E-state index in [0.29, 0.717) is 34.9 Å². The van der Waals surface area contributed by atoms with Crippen molar-refractivity contribution in [2.24, 2.45) is 18.0 Å². The molecule has 0 spiro atoms. The monoisotopic (exact) mass is 465 g/mol. The molecule has 0 N–H and O–H groups in total. The first kappa shape index (κ1) is 21.2. The molecule has 1 fully saturated rings. The number of thiophene rings is 1. The van der Waals surface area contributed by atoms with Crippen LogP contribution in [-0.4, -0.2) is 43.4 Å². The molecule has 160 valence electrons. The van der Waals surface area contributed by atoms with Crippen molar-refractivity contribution in [2.75, 3.05) is 20.2 Å². The number of amides is 1. The lowest BCUT2D eigenvalue weighted by Gasteiger charge is -2.29. The summed E-state index contributed by atoms with van der Waals surface area (Å²) in [6.07, 6.45) is 0.952. The maximum Gasteiger partial charge on any atom is 0.252 e. The normalized spacial score (nSPS) is 17.0. The van der Waals surface area contributed by atoms with E-state index >= 15 is 0 Å². The summed E-state index contributed by atoms with van der Waals surface area (Å²) >= 11 is 2.68. The van der Waals surface area contributed by atoms with Gasteiger partial charge in [0.2, 0.25) is 0 Å². The zero-order valence-electron chi connectivity index (χ0n) is 17.0. The summed E-state index contributed by atoms with van der Waals surface area (Å²) in [6.45, 7) is 2.68. The summed E-state index contributed by atoms with van der Waals surface area (Å²) in [5, 5.41) is 1.75. The molecular formula is C20H23N3O4S3. The van der Waals surface area contributed by atoms with Crippen LogP contribution in [0.1, 0.15) is 18.4 Å². The van der Waals surface area contributed by atoms with Crippen LogP contribution in [0.4, 0.5) is 0 Å². The first-order chi connectivity index (χ1) is 14.3. The van der Waals surface area contributed by atoms with Gasteiger partial charge in [-0.05, 0) is 42.8 Å². The molecule has 4 rings (SSSR count). The lowest BCUT2D eigenvalue weighted by molar-refractivity contribution is -0.122. The predicted molar refractivity (Wildman–Crippen MR) is 118 cm³/mol. The topological polar surface area (TPSA) is 81.0 Å². The molecule has 0 atom stereocenters. The second-order valence-corrected chi connectivity index (χ2v) is 11.4. The van der Waals surface area contributed by atoms with Gasteiger partial charge in [0, 0.05) is 26.1 Å². The Labute approximate surface area is 183 Å². The molecule has 7 nitrogen and oxygen atoms in total. The highest BCUT2D eigenvalue weighted by molar-refractivity contribution is 7.91. The predicted octanol–water partition coefficient (Wildman–Crippen LogP) is 3.15. The van der Waals surface area contributed by atoms with E-state index in [2.05, 4.69) is 4.99 Å². The van der Waals surface area contributed by atoms with E-state index in [-0.39, 0.29) is 11.8 Å². The van der Waals surface area contributed by atoms with E-state index in [9.17, 15) is 13.2 Å². The second kappa shape index (κ2) is 8.26. The molecular weight excluding hydrogens is 442 g/mol. The van der Waals surface area contributed by atoms with Gasteiger partial charge in [0.1, 0.15) is 15.5 Å². The van der Waals surface area contributed by atoms with Crippen molar-refractivity contribution in [1.29, 1.82) is 0 Å². The van der Waals surface area contributed by atoms with Crippen LogP contribution >= 0.6 is 22.7 Å². The molecule has 2 aromatic heterocycles. The third-order valence-electron chi connectivity index (χ3n) is 5.43. The Bertz CT molecular complexity index is 1250. The number of carbonyl (C=O) groups is 1. The number of thiazole rings is 1. The number of ether oxygens (including phenoxy) is 1. The number of sulfonamides is 1. The van der Waals surface area contributed by atoms with E-state index in [4.69, 9.17) is 4.74 Å². The SMILES string of the molecule is COc1ccc(C)c2sc(=NC(=O)C3CCN(S(=O)(=O)c4cccs4)CC3)n(C)c12. The van der Waals surface area contributed by atoms with Crippen LogP contribution < -0.4 is 9.54 Å². The van der Waals surface area contributed by atoms with Gasteiger partial charge in [0.05, 0.1) is 11.8 Å². The average Bonchev–Trinajstić information content (AvgIpc) is 3.39. The summed E-state index contributed by atoms with van der Waals surface area (Å²) in [7, 11) is 0.0356. The molecule has 1 amide bonds. The average molecular weight is 466 g/mol. The van der Waals surface area contributed by atoms with Crippen LogP contribution in [0.5, 0.6) is 5.75 Å². The van der Waals surface area contributed by atoms with E-state index in [1.807, 2.05) is 30.7 Å². The van der Waals surface area contributed by atoms with E-state index in [1.165, 1.54) is 27.0 Å². The third-order valence-corrected chi connectivity index (χ3v) is 9.96. The van der Waals surface area contributed by atoms with Crippen LogP contribution in [0, 0.1) is 12.8 Å². The van der Waals surface area contributed by atoms with Gasteiger partial charge < -0.3 is 9.30 Å². The van der Waals surface area contributed by atoms with Gasteiger partial charge in [-0.2, -0.15) is 9.30 Å². The summed E-state index contributed by atoms with van der Waals surface area (Å²) < 4.78 is 35.5. The molecule has 10 heteroatoms. The molecule has 1 aliphatic heterocycles. The Morgan fingerprint density at radius 1 is 1.23 bits per heavy atom. The first-order valence-electron chi connectivity index (χ1n) is 9.58. The zero-order chi connectivity index (χ0) is 21.5. The molecule has 0 radical (unpaired) electrons. The Hall–Kier alpha value is -2.01. The van der Waals surface area contributed by atoms with Crippen LogP contribution in [0.25, 0.3) is 10.2 Å². The Morgan fingerprint density at radius 3 is 2.60 bits per heavy atom. The van der Waals surface area contributed by atoms with Crippen molar-refractivity contribution in [1.82, 2.24) is 8.87 Å². The molecule has 0 aliphatic carbocycles. The third kappa shape index (κ3) is 3.73. The zero-order valence-corrected chi connectivity index (χ0v) is 19.4. The Morgan fingerprint density at radius 2 is 1.97 bits per heavy atom. The molecule has 3 aromatic rings. The highest BCUT2D eigenvalue weighted by atomic mass is 32.2. The second-order valence-electron chi connectivity index (χ2n) is 7.27. The number of benzene rings is 1. The van der Waals surface area contributed by atoms with Gasteiger partial charge in [0.15, 0.2) is 4.80 Å². The Kier molecular flexibility index (Phi) is 5.84. The quantitative estimate of drug-likeness (QED) is 0.593. The van der Waals surface area contributed by atoms with Gasteiger partial charge in [-0.1, -0.05) is 23.5 Å². The standard InChI is InChI=1S/C20H23N3O4S3/c1-13-6-7-15(27-3)17-18(13)29-20(22(17)2)21-19(24)14-8-10-23(11-9-14)30(25,26)16-5-4-12-28-16/h4-7,12,14H,8-11H2,1-3H3. The number of hydrogen-bond acceptors (Lipinski definition) is 6. The van der Waals surface area contributed by atoms with Gasteiger partial charge in [-0.25, -0.2) is 8.42 Å². The lowest BCUT2D eigenvalue weighted by Crippen LogP contribution is -2.40. The molecule has 1 saturated heterocycles. The maximum absolute atomic E-state index is 12.9. The fraction of sp³-hybridized carbons (Fsp3) is 0.400. The molecule has 30 heavy (non-hydrogen) atoms. The number of carbonyl (C=O) groups excluding carboxylic acids is 1. The fourth-order valence-corrected chi connectivity index (χ4v) is 7.41. The van der Waals surface area contributed by atoms with Crippen molar-refractivity contribution in [3.8, 4) is 5.75 Å². The highest BCUT2D eigenvalue weighted by Gasteiger charge is 2.32. The highest BCUT2D eigenvalue weighted by Crippen LogP contribution is 2.30. The Balaban J connectivity index is 1.55. The van der Waals surface area contributed by atoms with Gasteiger partial charge in [-0.15, -0.1) is 11.3 Å². The number of fused-ring (bicyclic) bond motifs is 1. The van der Waals surface area contributed by atoms with Crippen LogP contribution in [0.2, 0.25) is 0 Å². The number of rotatable bonds is 4. The van der Waals surface area contributed by atoms with Crippen LogP contribution in [0.15, 0.2) is 38.8 Å². The van der Waals surface area contributed by atoms with Gasteiger partial charge in [0.25, 0.3) is 15.9 Å². The smallest absolute Gasteiger partial charge is 0.252 e. The minimum absolute atomic E-state index is 0.193. The molecule has 1 aliphatic rings. The minimum atomic E-state index is -3.47. The number of aromatic nitrogens is 1. The van der Waals surface area contributed by atoms with Gasteiger partial charge >= 0.3 is 0 Å². The number of aryl methyl sites for hydroxylation is 2. The number of nitrogens with zero attached hydrogens (tertiary/aromatic N) is 3. The molecule has 0 saturated carbocycles. The molecule has 1 aromatic carbocycles. The van der Waals surface area contributed by atoms with E-state index < -0.39 is 10.0 Å². The van der Waals surface area contributed by atoms with Crippen molar-refractivity contribution >= 4 is 48.8 Å². The summed E-state index contributed by atoms with van der Waals surface area (Å²) in [5.41, 5.74) is 2.03. The summed E-state index contributed by atoms with van der Waals surface area (Å²) in [5.74, 6) is 0.283. The largest absolute Gasteiger partial charge is 0.495 e. The van der Waals surface area contributed by atoms with Crippen LogP contribution in [0.3, 0.4) is 0 Å². The number of methoxy groups -OCH3 is 1. The maximum atomic E-state index is 12.9. The fourth-order valence-electron chi connectivity index (χ4n) is 3.68. The van der Waals surface area contributed by atoms with Crippen molar-refractivity contribution in [3.63, 3.8) is 0 Å². The molecule has 0 unspecified atom stereocenters. The number of piperidine rings is 1. The van der Waals surface area contributed by atoms with Gasteiger partial charge in [-0.3, -0.25) is 4.79 Å². The van der Waals surface area contributed by atoms with E-state index in [0.717, 1.165) is 21.5 Å². The van der Waals surface area contributed by atoms with Crippen LogP contribution in [-0.2, 0) is 21.9 Å². The lowest BCUT2D eigenvalue weighted by atomic mass is 9.98. The van der Waals surface area contributed by atoms with Crippen molar-refractivity contribution in [2.45, 2.75) is 24.0 Å². The molecule has 3 heterocycles. The van der Waals surface area contributed by atoms with Crippen molar-refractivity contribution in [3.05, 3.63) is 40.0 Å². The van der Waals surface area contributed by atoms with Crippen molar-refractivity contribution < 1.29 is 17.9 Å².